The Labute approximate surface area is 143 Å². The van der Waals surface area contributed by atoms with Crippen LogP contribution in [0.2, 0.25) is 0 Å². The largest absolute Gasteiger partial charge is 0.495 e. The number of carbonyl (C=O) groups excluding carboxylic acids is 1. The van der Waals surface area contributed by atoms with Crippen LogP contribution in [0.5, 0.6) is 5.75 Å². The smallest absolute Gasteiger partial charge is 0.255 e. The molecule has 2 aromatic rings. The molecule has 0 saturated heterocycles. The number of sulfonamides is 1. The molecule has 122 valence electrons. The first-order chi connectivity index (χ1) is 10.9. The number of hydrogen-bond acceptors (Lipinski definition) is 4. The van der Waals surface area contributed by atoms with Crippen molar-refractivity contribution in [3.8, 4) is 5.75 Å². The van der Waals surface area contributed by atoms with Crippen LogP contribution in [0, 0.1) is 0 Å². The van der Waals surface area contributed by atoms with Crippen molar-refractivity contribution in [2.24, 2.45) is 0 Å². The minimum Gasteiger partial charge on any atom is -0.495 e. The molecule has 0 heterocycles. The maximum absolute atomic E-state index is 12.3. The van der Waals surface area contributed by atoms with Crippen LogP contribution in [-0.4, -0.2) is 28.5 Å². The van der Waals surface area contributed by atoms with Crippen LogP contribution in [-0.2, 0) is 10.0 Å². The van der Waals surface area contributed by atoms with E-state index in [1.54, 1.807) is 18.2 Å². The summed E-state index contributed by atoms with van der Waals surface area (Å²) < 4.78 is 32.1. The number of rotatable bonds is 5. The zero-order chi connectivity index (χ0) is 17.0. The third-order valence-electron chi connectivity index (χ3n) is 3.11. The number of amides is 1. The molecule has 0 saturated carbocycles. The SMILES string of the molecule is CNS(=O)(=O)c1cc(C(=O)Nc2ccccc2Br)ccc1OC. The number of para-hydroxylation sites is 1. The van der Waals surface area contributed by atoms with Gasteiger partial charge in [0.15, 0.2) is 0 Å². The number of methoxy groups -OCH3 is 1. The van der Waals surface area contributed by atoms with Gasteiger partial charge in [0, 0.05) is 10.0 Å². The summed E-state index contributed by atoms with van der Waals surface area (Å²) in [5, 5.41) is 2.72. The number of halogens is 1. The Morgan fingerprint density at radius 1 is 1.17 bits per heavy atom. The van der Waals surface area contributed by atoms with Crippen molar-refractivity contribution in [3.05, 3.63) is 52.5 Å². The summed E-state index contributed by atoms with van der Waals surface area (Å²) in [7, 11) is -1.08. The predicted molar refractivity (Wildman–Crippen MR) is 91.3 cm³/mol. The zero-order valence-corrected chi connectivity index (χ0v) is 14.9. The number of carbonyl (C=O) groups is 1. The highest BCUT2D eigenvalue weighted by molar-refractivity contribution is 9.10. The van der Waals surface area contributed by atoms with Crippen LogP contribution in [0.4, 0.5) is 5.69 Å². The number of ether oxygens (including phenoxy) is 1. The number of nitrogens with one attached hydrogen (secondary N) is 2. The van der Waals surface area contributed by atoms with Crippen molar-refractivity contribution in [1.82, 2.24) is 4.72 Å². The fraction of sp³-hybridized carbons (Fsp3) is 0.133. The minimum absolute atomic E-state index is 0.0951. The van der Waals surface area contributed by atoms with E-state index in [9.17, 15) is 13.2 Å². The summed E-state index contributed by atoms with van der Waals surface area (Å²) in [4.78, 5) is 12.3. The highest BCUT2D eigenvalue weighted by Gasteiger charge is 2.20. The quantitative estimate of drug-likeness (QED) is 0.810. The van der Waals surface area contributed by atoms with Crippen molar-refractivity contribution in [2.45, 2.75) is 4.90 Å². The second kappa shape index (κ2) is 7.12. The highest BCUT2D eigenvalue weighted by atomic mass is 79.9. The maximum atomic E-state index is 12.3. The second-order valence-electron chi connectivity index (χ2n) is 4.51. The Morgan fingerprint density at radius 2 is 1.87 bits per heavy atom. The molecule has 0 aliphatic heterocycles. The van der Waals surface area contributed by atoms with Gasteiger partial charge in [-0.1, -0.05) is 12.1 Å². The lowest BCUT2D eigenvalue weighted by Crippen LogP contribution is -2.20. The van der Waals surface area contributed by atoms with E-state index in [1.807, 2.05) is 6.07 Å². The van der Waals surface area contributed by atoms with Gasteiger partial charge < -0.3 is 10.1 Å². The highest BCUT2D eigenvalue weighted by Crippen LogP contribution is 2.26. The first-order valence-electron chi connectivity index (χ1n) is 6.56. The third-order valence-corrected chi connectivity index (χ3v) is 5.23. The third kappa shape index (κ3) is 3.90. The van der Waals surface area contributed by atoms with Gasteiger partial charge >= 0.3 is 0 Å². The van der Waals surface area contributed by atoms with Gasteiger partial charge in [-0.05, 0) is 53.3 Å². The molecule has 8 heteroatoms. The lowest BCUT2D eigenvalue weighted by atomic mass is 10.2. The number of anilines is 1. The molecule has 2 rings (SSSR count). The standard InChI is InChI=1S/C15H15BrN2O4S/c1-17-23(20,21)14-9-10(7-8-13(14)22-2)15(19)18-12-6-4-3-5-11(12)16/h3-9,17H,1-2H3,(H,18,19). The first kappa shape index (κ1) is 17.5. The molecule has 0 spiro atoms. The zero-order valence-electron chi connectivity index (χ0n) is 12.5. The van der Waals surface area contributed by atoms with E-state index >= 15 is 0 Å². The van der Waals surface area contributed by atoms with Gasteiger partial charge in [-0.15, -0.1) is 0 Å². The van der Waals surface area contributed by atoms with Gasteiger partial charge in [0.2, 0.25) is 10.0 Å². The molecule has 6 nitrogen and oxygen atoms in total. The van der Waals surface area contributed by atoms with Crippen molar-refractivity contribution < 1.29 is 17.9 Å². The summed E-state index contributed by atoms with van der Waals surface area (Å²) in [5.74, 6) is -0.260. The Hall–Kier alpha value is -1.90. The van der Waals surface area contributed by atoms with E-state index in [1.165, 1.54) is 32.4 Å². The summed E-state index contributed by atoms with van der Waals surface area (Å²) in [6.07, 6.45) is 0. The van der Waals surface area contributed by atoms with Crippen molar-refractivity contribution in [3.63, 3.8) is 0 Å². The molecule has 0 radical (unpaired) electrons. The molecule has 2 aromatic carbocycles. The summed E-state index contributed by atoms with van der Waals surface area (Å²) >= 11 is 3.34. The normalized spacial score (nSPS) is 11.1. The molecule has 0 bridgehead atoms. The fourth-order valence-electron chi connectivity index (χ4n) is 1.89. The maximum Gasteiger partial charge on any atom is 0.255 e. The molecule has 0 fully saturated rings. The van der Waals surface area contributed by atoms with E-state index in [2.05, 4.69) is 26.0 Å². The van der Waals surface area contributed by atoms with Gasteiger partial charge in [0.25, 0.3) is 5.91 Å². The second-order valence-corrected chi connectivity index (χ2v) is 7.22. The molecular formula is C15H15BrN2O4S. The average molecular weight is 399 g/mol. The lowest BCUT2D eigenvalue weighted by Gasteiger charge is -2.11. The summed E-state index contributed by atoms with van der Waals surface area (Å²) in [5.41, 5.74) is 0.793. The fourth-order valence-corrected chi connectivity index (χ4v) is 3.20. The van der Waals surface area contributed by atoms with E-state index in [0.29, 0.717) is 5.69 Å². The Morgan fingerprint density at radius 3 is 2.48 bits per heavy atom. The average Bonchev–Trinajstić information content (AvgIpc) is 2.56. The molecule has 1 amide bonds. The molecule has 23 heavy (non-hydrogen) atoms. The van der Waals surface area contributed by atoms with Crippen molar-refractivity contribution >= 4 is 37.5 Å². The Balaban J connectivity index is 2.39. The first-order valence-corrected chi connectivity index (χ1v) is 8.84. The molecule has 0 unspecified atom stereocenters. The lowest BCUT2D eigenvalue weighted by molar-refractivity contribution is 0.102. The molecule has 0 aromatic heterocycles. The van der Waals surface area contributed by atoms with Crippen molar-refractivity contribution in [1.29, 1.82) is 0 Å². The summed E-state index contributed by atoms with van der Waals surface area (Å²) in [6.45, 7) is 0. The number of benzene rings is 2. The van der Waals surface area contributed by atoms with E-state index in [-0.39, 0.29) is 16.2 Å². The van der Waals surface area contributed by atoms with Crippen LogP contribution in [0.15, 0.2) is 51.8 Å². The van der Waals surface area contributed by atoms with Gasteiger partial charge in [-0.3, -0.25) is 4.79 Å². The van der Waals surface area contributed by atoms with Crippen molar-refractivity contribution in [2.75, 3.05) is 19.5 Å². The van der Waals surface area contributed by atoms with E-state index < -0.39 is 15.9 Å². The molecule has 0 aliphatic rings. The van der Waals surface area contributed by atoms with Crippen LogP contribution >= 0.6 is 15.9 Å². The van der Waals surface area contributed by atoms with E-state index in [4.69, 9.17) is 4.74 Å². The van der Waals surface area contributed by atoms with Crippen LogP contribution in [0.1, 0.15) is 10.4 Å². The molecule has 0 aliphatic carbocycles. The van der Waals surface area contributed by atoms with Gasteiger partial charge in [-0.2, -0.15) is 0 Å². The minimum atomic E-state index is -3.74. The Bertz CT molecular complexity index is 837. The predicted octanol–water partition coefficient (Wildman–Crippen LogP) is 2.62. The molecular weight excluding hydrogens is 384 g/mol. The Kier molecular flexibility index (Phi) is 5.40. The molecule has 0 atom stereocenters. The monoisotopic (exact) mass is 398 g/mol. The van der Waals surface area contributed by atoms with Crippen LogP contribution < -0.4 is 14.8 Å². The van der Waals surface area contributed by atoms with E-state index in [0.717, 1.165) is 4.47 Å². The van der Waals surface area contributed by atoms with Gasteiger partial charge in [0.1, 0.15) is 10.6 Å². The van der Waals surface area contributed by atoms with Gasteiger partial charge in [-0.25, -0.2) is 13.1 Å². The summed E-state index contributed by atoms with van der Waals surface area (Å²) in [6, 6.07) is 11.4. The number of hydrogen-bond donors (Lipinski definition) is 2. The van der Waals surface area contributed by atoms with Gasteiger partial charge in [0.05, 0.1) is 12.8 Å². The van der Waals surface area contributed by atoms with Crippen LogP contribution in [0.25, 0.3) is 0 Å². The molecule has 2 N–H and O–H groups in total. The topological polar surface area (TPSA) is 84.5 Å². The van der Waals surface area contributed by atoms with Crippen LogP contribution in [0.3, 0.4) is 0 Å².